The predicted octanol–water partition coefficient (Wildman–Crippen LogP) is 6.58. The minimum absolute atomic E-state index is 0.100. The minimum Gasteiger partial charge on any atom is -0.378 e. The van der Waals surface area contributed by atoms with Crippen LogP contribution < -0.4 is 5.32 Å². The summed E-state index contributed by atoms with van der Waals surface area (Å²) < 4.78 is 92.5. The van der Waals surface area contributed by atoms with Crippen LogP contribution in [0.15, 0.2) is 48.5 Å². The molecule has 1 aromatic heterocycles. The molecule has 1 N–H and O–H groups in total. The van der Waals surface area contributed by atoms with Crippen LogP contribution in [0, 0.1) is 5.82 Å². The normalized spacial score (nSPS) is 13.6. The van der Waals surface area contributed by atoms with Gasteiger partial charge in [0.1, 0.15) is 11.5 Å². The molecule has 0 aliphatic carbocycles. The Kier molecular flexibility index (Phi) is 4.95. The molecular weight excluding hydrogens is 389 g/mol. The summed E-state index contributed by atoms with van der Waals surface area (Å²) in [4.78, 5) is 3.23. The Morgan fingerprint density at radius 3 is 2.11 bits per heavy atom. The van der Waals surface area contributed by atoms with E-state index in [1.54, 1.807) is 6.92 Å². The monoisotopic (exact) mass is 402 g/mol. The fourth-order valence-electron chi connectivity index (χ4n) is 2.81. The number of nitrogens with one attached hydrogen (secondary N) is 1. The maximum Gasteiger partial charge on any atom is 0.433 e. The summed E-state index contributed by atoms with van der Waals surface area (Å²) in [6.45, 7) is 1.60. The Bertz CT molecular complexity index is 992. The van der Waals surface area contributed by atoms with E-state index in [2.05, 4.69) is 10.3 Å². The molecule has 0 aliphatic heterocycles. The van der Waals surface area contributed by atoms with E-state index in [0.29, 0.717) is 17.7 Å². The SMILES string of the molecule is CC(Nc1cc(C(F)(F)F)nc2c(C(F)(F)F)cccc12)c1ccc(F)cc1. The first-order chi connectivity index (χ1) is 13.0. The Morgan fingerprint density at radius 2 is 1.54 bits per heavy atom. The van der Waals surface area contributed by atoms with Gasteiger partial charge in [0.2, 0.25) is 0 Å². The molecule has 0 radical (unpaired) electrons. The molecule has 0 saturated heterocycles. The van der Waals surface area contributed by atoms with E-state index < -0.39 is 41.0 Å². The first kappa shape index (κ1) is 19.9. The molecule has 1 unspecified atom stereocenters. The summed E-state index contributed by atoms with van der Waals surface area (Å²) >= 11 is 0. The van der Waals surface area contributed by atoms with Gasteiger partial charge < -0.3 is 5.32 Å². The zero-order valence-corrected chi connectivity index (χ0v) is 14.3. The second-order valence-electron chi connectivity index (χ2n) is 6.17. The van der Waals surface area contributed by atoms with Crippen molar-refractivity contribution in [2.45, 2.75) is 25.3 Å². The van der Waals surface area contributed by atoms with Crippen LogP contribution in [0.4, 0.5) is 36.4 Å². The molecule has 0 fully saturated rings. The number of fused-ring (bicyclic) bond motifs is 1. The Balaban J connectivity index is 2.16. The van der Waals surface area contributed by atoms with Crippen LogP contribution in [0.25, 0.3) is 10.9 Å². The molecule has 148 valence electrons. The predicted molar refractivity (Wildman–Crippen MR) is 90.2 cm³/mol. The maximum atomic E-state index is 13.3. The number of alkyl halides is 6. The molecule has 3 aromatic rings. The lowest BCUT2D eigenvalue weighted by Gasteiger charge is -2.20. The second-order valence-corrected chi connectivity index (χ2v) is 6.17. The molecule has 1 atom stereocenters. The fourth-order valence-corrected chi connectivity index (χ4v) is 2.81. The van der Waals surface area contributed by atoms with Crippen molar-refractivity contribution in [3.05, 3.63) is 71.2 Å². The van der Waals surface area contributed by atoms with E-state index in [1.165, 1.54) is 30.3 Å². The van der Waals surface area contributed by atoms with E-state index in [-0.39, 0.29) is 11.1 Å². The highest BCUT2D eigenvalue weighted by Gasteiger charge is 2.37. The van der Waals surface area contributed by atoms with Gasteiger partial charge in [-0.15, -0.1) is 0 Å². The highest BCUT2D eigenvalue weighted by molar-refractivity contribution is 5.94. The molecule has 28 heavy (non-hydrogen) atoms. The quantitative estimate of drug-likeness (QED) is 0.500. The number of hydrogen-bond acceptors (Lipinski definition) is 2. The van der Waals surface area contributed by atoms with Crippen molar-refractivity contribution < 1.29 is 30.7 Å². The van der Waals surface area contributed by atoms with Crippen LogP contribution in [0.1, 0.15) is 29.8 Å². The number of anilines is 1. The van der Waals surface area contributed by atoms with Gasteiger partial charge in [-0.1, -0.05) is 24.3 Å². The van der Waals surface area contributed by atoms with Gasteiger partial charge in [-0.3, -0.25) is 0 Å². The summed E-state index contributed by atoms with van der Waals surface area (Å²) in [7, 11) is 0. The molecule has 0 bridgehead atoms. The molecule has 9 heteroatoms. The van der Waals surface area contributed by atoms with Crippen molar-refractivity contribution in [3.8, 4) is 0 Å². The van der Waals surface area contributed by atoms with Crippen LogP contribution in [-0.2, 0) is 12.4 Å². The van der Waals surface area contributed by atoms with Crippen molar-refractivity contribution in [1.29, 1.82) is 0 Å². The lowest BCUT2D eigenvalue weighted by atomic mass is 10.0. The van der Waals surface area contributed by atoms with E-state index in [9.17, 15) is 30.7 Å². The average Bonchev–Trinajstić information content (AvgIpc) is 2.60. The number of aromatic nitrogens is 1. The van der Waals surface area contributed by atoms with Gasteiger partial charge in [0.05, 0.1) is 11.1 Å². The van der Waals surface area contributed by atoms with Gasteiger partial charge in [0.15, 0.2) is 0 Å². The minimum atomic E-state index is -4.93. The van der Waals surface area contributed by atoms with Crippen LogP contribution in [-0.4, -0.2) is 4.98 Å². The molecule has 3 rings (SSSR count). The summed E-state index contributed by atoms with van der Waals surface area (Å²) in [6.07, 6.45) is -9.79. The number of halogens is 7. The van der Waals surface area contributed by atoms with Crippen molar-refractivity contribution in [2.75, 3.05) is 5.32 Å². The largest absolute Gasteiger partial charge is 0.433 e. The van der Waals surface area contributed by atoms with Gasteiger partial charge in [-0.05, 0) is 36.8 Å². The zero-order valence-electron chi connectivity index (χ0n) is 14.3. The third-order valence-electron chi connectivity index (χ3n) is 4.18. The van der Waals surface area contributed by atoms with Gasteiger partial charge in [0.25, 0.3) is 0 Å². The number of benzene rings is 2. The third kappa shape index (κ3) is 4.02. The molecule has 1 heterocycles. The van der Waals surface area contributed by atoms with Crippen molar-refractivity contribution >= 4 is 16.6 Å². The lowest BCUT2D eigenvalue weighted by molar-refractivity contribution is -0.142. The van der Waals surface area contributed by atoms with Gasteiger partial charge in [-0.25, -0.2) is 9.37 Å². The molecule has 0 saturated carbocycles. The van der Waals surface area contributed by atoms with Gasteiger partial charge >= 0.3 is 12.4 Å². The Morgan fingerprint density at radius 1 is 0.893 bits per heavy atom. The summed E-state index contributed by atoms with van der Waals surface area (Å²) in [5.41, 5.74) is -3.09. The van der Waals surface area contributed by atoms with Crippen molar-refractivity contribution in [3.63, 3.8) is 0 Å². The first-order valence-corrected chi connectivity index (χ1v) is 8.07. The van der Waals surface area contributed by atoms with Crippen LogP contribution in [0.5, 0.6) is 0 Å². The van der Waals surface area contributed by atoms with Crippen LogP contribution in [0.2, 0.25) is 0 Å². The van der Waals surface area contributed by atoms with Crippen molar-refractivity contribution in [2.24, 2.45) is 0 Å². The number of nitrogens with zero attached hydrogens (tertiary/aromatic N) is 1. The fraction of sp³-hybridized carbons (Fsp3) is 0.211. The topological polar surface area (TPSA) is 24.9 Å². The molecule has 2 aromatic carbocycles. The molecule has 0 aliphatic rings. The number of hydrogen-bond donors (Lipinski definition) is 1. The number of rotatable bonds is 3. The van der Waals surface area contributed by atoms with E-state index in [0.717, 1.165) is 6.07 Å². The van der Waals surface area contributed by atoms with Gasteiger partial charge in [0, 0.05) is 17.1 Å². The Hall–Kier alpha value is -2.84. The average molecular weight is 402 g/mol. The summed E-state index contributed by atoms with van der Waals surface area (Å²) in [5.74, 6) is -0.487. The third-order valence-corrected chi connectivity index (χ3v) is 4.18. The van der Waals surface area contributed by atoms with E-state index in [4.69, 9.17) is 0 Å². The standard InChI is InChI=1S/C19H13F7N2/c1-10(11-5-7-12(20)8-6-11)27-15-9-16(19(24,25)26)28-17-13(15)3-2-4-14(17)18(21,22)23/h2-10H,1H3,(H,27,28). The number of para-hydroxylation sites is 1. The second kappa shape index (κ2) is 6.96. The molecular formula is C19H13F7N2. The Labute approximate surface area is 155 Å². The van der Waals surface area contributed by atoms with Crippen LogP contribution in [0.3, 0.4) is 0 Å². The summed E-state index contributed by atoms with van der Waals surface area (Å²) in [5, 5.41) is 2.68. The highest BCUT2D eigenvalue weighted by Crippen LogP contribution is 2.39. The van der Waals surface area contributed by atoms with Gasteiger partial charge in [-0.2, -0.15) is 26.3 Å². The number of pyridine rings is 1. The van der Waals surface area contributed by atoms with Crippen LogP contribution >= 0.6 is 0 Å². The molecule has 0 amide bonds. The molecule has 2 nitrogen and oxygen atoms in total. The highest BCUT2D eigenvalue weighted by atomic mass is 19.4. The van der Waals surface area contributed by atoms with Crippen molar-refractivity contribution in [1.82, 2.24) is 4.98 Å². The zero-order chi connectivity index (χ0) is 20.7. The molecule has 0 spiro atoms. The smallest absolute Gasteiger partial charge is 0.378 e. The summed E-state index contributed by atoms with van der Waals surface area (Å²) in [6, 6.07) is 8.35. The van der Waals surface area contributed by atoms with E-state index >= 15 is 0 Å². The van der Waals surface area contributed by atoms with E-state index in [1.807, 2.05) is 0 Å². The lowest BCUT2D eigenvalue weighted by Crippen LogP contribution is -2.14. The maximum absolute atomic E-state index is 13.3. The first-order valence-electron chi connectivity index (χ1n) is 8.07.